The number of hydrogen-bond donors (Lipinski definition) is 4. The van der Waals surface area contributed by atoms with Gasteiger partial charge in [-0.15, -0.1) is 0 Å². The summed E-state index contributed by atoms with van der Waals surface area (Å²) in [5.74, 6) is -0.824. The molecule has 10 nitrogen and oxygen atoms in total. The molecular formula is C51H90O10. The van der Waals surface area contributed by atoms with Crippen molar-refractivity contribution in [3.8, 4) is 0 Å². The molecule has 0 aromatic rings. The van der Waals surface area contributed by atoms with Gasteiger partial charge in [-0.05, 0) is 70.6 Å². The molecule has 1 aliphatic rings. The largest absolute Gasteiger partial charge is 0.462 e. The van der Waals surface area contributed by atoms with Crippen molar-refractivity contribution in [1.29, 1.82) is 0 Å². The highest BCUT2D eigenvalue weighted by Crippen LogP contribution is 2.23. The number of esters is 2. The molecule has 354 valence electrons. The van der Waals surface area contributed by atoms with Crippen LogP contribution in [0.1, 0.15) is 206 Å². The molecule has 0 aliphatic carbocycles. The van der Waals surface area contributed by atoms with Crippen LogP contribution in [0.15, 0.2) is 48.6 Å². The molecule has 0 aromatic heterocycles. The first kappa shape index (κ1) is 56.7. The van der Waals surface area contributed by atoms with Crippen LogP contribution in [-0.2, 0) is 28.5 Å². The van der Waals surface area contributed by atoms with Gasteiger partial charge in [-0.2, -0.15) is 0 Å². The molecule has 1 rings (SSSR count). The summed E-state index contributed by atoms with van der Waals surface area (Å²) < 4.78 is 22.2. The van der Waals surface area contributed by atoms with E-state index in [0.29, 0.717) is 12.8 Å². The van der Waals surface area contributed by atoms with Gasteiger partial charge in [-0.1, -0.05) is 172 Å². The normalized spacial score (nSPS) is 20.1. The van der Waals surface area contributed by atoms with Crippen molar-refractivity contribution < 1.29 is 49.0 Å². The minimum Gasteiger partial charge on any atom is -0.462 e. The third-order valence-electron chi connectivity index (χ3n) is 11.2. The number of carbonyl (C=O) groups is 2. The first-order valence-corrected chi connectivity index (χ1v) is 24.7. The second-order valence-electron chi connectivity index (χ2n) is 16.9. The number of hydrogen-bond acceptors (Lipinski definition) is 10. The van der Waals surface area contributed by atoms with Crippen molar-refractivity contribution in [3.05, 3.63) is 48.6 Å². The van der Waals surface area contributed by atoms with E-state index < -0.39 is 55.4 Å². The van der Waals surface area contributed by atoms with Crippen molar-refractivity contribution in [3.63, 3.8) is 0 Å². The number of unbranched alkanes of at least 4 members (excludes halogenated alkanes) is 22. The van der Waals surface area contributed by atoms with E-state index in [2.05, 4.69) is 62.5 Å². The minimum atomic E-state index is -1.60. The maximum absolute atomic E-state index is 12.8. The lowest BCUT2D eigenvalue weighted by atomic mass is 9.99. The van der Waals surface area contributed by atoms with Crippen LogP contribution < -0.4 is 0 Å². The summed E-state index contributed by atoms with van der Waals surface area (Å²) in [6.07, 6.45) is 42.6. The smallest absolute Gasteiger partial charge is 0.306 e. The second kappa shape index (κ2) is 41.7. The van der Waals surface area contributed by atoms with Crippen molar-refractivity contribution >= 4 is 11.9 Å². The molecule has 0 spiro atoms. The molecule has 0 radical (unpaired) electrons. The summed E-state index contributed by atoms with van der Waals surface area (Å²) in [5, 5.41) is 40.1. The van der Waals surface area contributed by atoms with Gasteiger partial charge >= 0.3 is 11.9 Å². The van der Waals surface area contributed by atoms with E-state index >= 15 is 0 Å². The van der Waals surface area contributed by atoms with E-state index in [1.54, 1.807) is 0 Å². The Bertz CT molecular complexity index is 1130. The Morgan fingerprint density at radius 2 is 0.951 bits per heavy atom. The molecular weight excluding hydrogens is 773 g/mol. The summed E-state index contributed by atoms with van der Waals surface area (Å²) in [6.45, 7) is 3.34. The average Bonchev–Trinajstić information content (AvgIpc) is 3.26. The average molecular weight is 863 g/mol. The van der Waals surface area contributed by atoms with E-state index in [9.17, 15) is 30.0 Å². The van der Waals surface area contributed by atoms with E-state index in [0.717, 1.165) is 70.6 Å². The summed E-state index contributed by atoms with van der Waals surface area (Å²) in [6, 6.07) is 0. The van der Waals surface area contributed by atoms with Gasteiger partial charge in [0, 0.05) is 12.8 Å². The predicted octanol–water partition coefficient (Wildman–Crippen LogP) is 11.2. The fraction of sp³-hybridized carbons (Fsp3) is 0.804. The molecule has 10 heteroatoms. The molecule has 0 bridgehead atoms. The Morgan fingerprint density at radius 1 is 0.508 bits per heavy atom. The van der Waals surface area contributed by atoms with Crippen LogP contribution in [0.5, 0.6) is 0 Å². The third-order valence-corrected chi connectivity index (χ3v) is 11.2. The van der Waals surface area contributed by atoms with Gasteiger partial charge in [0.25, 0.3) is 0 Å². The lowest BCUT2D eigenvalue weighted by Gasteiger charge is -2.39. The SMILES string of the molecule is CCC/C=C\C/C=C\CCCCCCCC(=O)OCC(COC1OC(CO)C(O)C(O)C1O)OC(=O)CCCCCCCCCCCCC/C=C\C/C=C\CCCCCCC. The van der Waals surface area contributed by atoms with Crippen molar-refractivity contribution in [2.24, 2.45) is 0 Å². The van der Waals surface area contributed by atoms with Crippen molar-refractivity contribution in [1.82, 2.24) is 0 Å². The maximum Gasteiger partial charge on any atom is 0.306 e. The number of aliphatic hydroxyl groups excluding tert-OH is 4. The van der Waals surface area contributed by atoms with E-state index in [1.165, 1.54) is 96.3 Å². The van der Waals surface area contributed by atoms with E-state index in [1.807, 2.05) is 0 Å². The number of rotatable bonds is 41. The van der Waals surface area contributed by atoms with Gasteiger partial charge in [0.2, 0.25) is 0 Å². The molecule has 1 saturated heterocycles. The van der Waals surface area contributed by atoms with Gasteiger partial charge in [0.1, 0.15) is 31.0 Å². The highest BCUT2D eigenvalue weighted by Gasteiger charge is 2.44. The van der Waals surface area contributed by atoms with Crippen LogP contribution in [-0.4, -0.2) is 89.0 Å². The van der Waals surface area contributed by atoms with Crippen LogP contribution >= 0.6 is 0 Å². The summed E-state index contributed by atoms with van der Waals surface area (Å²) >= 11 is 0. The first-order chi connectivity index (χ1) is 29.8. The van der Waals surface area contributed by atoms with Crippen LogP contribution in [0.3, 0.4) is 0 Å². The van der Waals surface area contributed by atoms with Gasteiger partial charge in [-0.3, -0.25) is 9.59 Å². The van der Waals surface area contributed by atoms with Crippen LogP contribution in [0.25, 0.3) is 0 Å². The monoisotopic (exact) mass is 863 g/mol. The number of aliphatic hydroxyl groups is 4. The summed E-state index contributed by atoms with van der Waals surface area (Å²) in [7, 11) is 0. The highest BCUT2D eigenvalue weighted by atomic mass is 16.7. The zero-order chi connectivity index (χ0) is 44.4. The topological polar surface area (TPSA) is 152 Å². The first-order valence-electron chi connectivity index (χ1n) is 24.7. The second-order valence-corrected chi connectivity index (χ2v) is 16.9. The minimum absolute atomic E-state index is 0.224. The Hall–Kier alpha value is -2.34. The van der Waals surface area contributed by atoms with Gasteiger partial charge in [-0.25, -0.2) is 0 Å². The molecule has 1 aliphatic heterocycles. The zero-order valence-electron chi connectivity index (χ0n) is 38.7. The maximum atomic E-state index is 12.8. The van der Waals surface area contributed by atoms with Crippen LogP contribution in [0.2, 0.25) is 0 Å². The van der Waals surface area contributed by atoms with Gasteiger partial charge < -0.3 is 39.4 Å². The quantitative estimate of drug-likeness (QED) is 0.0265. The number of allylic oxidation sites excluding steroid dienone is 8. The zero-order valence-corrected chi connectivity index (χ0v) is 38.7. The van der Waals surface area contributed by atoms with Gasteiger partial charge in [0.05, 0.1) is 13.2 Å². The molecule has 6 atom stereocenters. The third kappa shape index (κ3) is 32.9. The Morgan fingerprint density at radius 3 is 1.43 bits per heavy atom. The summed E-state index contributed by atoms with van der Waals surface area (Å²) in [4.78, 5) is 25.4. The highest BCUT2D eigenvalue weighted by molar-refractivity contribution is 5.70. The lowest BCUT2D eigenvalue weighted by Crippen LogP contribution is -2.59. The molecule has 0 aromatic carbocycles. The molecule has 61 heavy (non-hydrogen) atoms. The molecule has 6 unspecified atom stereocenters. The number of carbonyl (C=O) groups excluding carboxylic acids is 2. The fourth-order valence-corrected chi connectivity index (χ4v) is 7.26. The summed E-state index contributed by atoms with van der Waals surface area (Å²) in [5.41, 5.74) is 0. The van der Waals surface area contributed by atoms with Gasteiger partial charge in [0.15, 0.2) is 12.4 Å². The Labute approximate surface area is 371 Å². The molecule has 0 saturated carbocycles. The standard InChI is InChI=1S/C51H90O10/c1-3-5-7-9-11-13-15-17-18-19-20-21-22-23-24-25-26-28-30-32-34-36-38-40-47(54)60-44(43-59-51-50(57)49(56)48(55)45(41-52)61-51)42-58-46(53)39-37-35-33-31-29-27-16-14-12-10-8-6-4-2/h8,10,14-17,19-20,44-45,48-52,55-57H,3-7,9,11-13,18,21-43H2,1-2H3/b10-8-,16-14-,17-15-,20-19-. The van der Waals surface area contributed by atoms with Crippen LogP contribution in [0, 0.1) is 0 Å². The van der Waals surface area contributed by atoms with Crippen LogP contribution in [0.4, 0.5) is 0 Å². The van der Waals surface area contributed by atoms with E-state index in [-0.39, 0.29) is 26.1 Å². The lowest BCUT2D eigenvalue weighted by molar-refractivity contribution is -0.305. The predicted molar refractivity (Wildman–Crippen MR) is 247 cm³/mol. The molecule has 1 heterocycles. The fourth-order valence-electron chi connectivity index (χ4n) is 7.26. The van der Waals surface area contributed by atoms with Crippen molar-refractivity contribution in [2.45, 2.75) is 243 Å². The molecule has 4 N–H and O–H groups in total. The Kier molecular flexibility index (Phi) is 38.7. The number of ether oxygens (including phenoxy) is 4. The van der Waals surface area contributed by atoms with Crippen molar-refractivity contribution in [2.75, 3.05) is 19.8 Å². The molecule has 0 amide bonds. The van der Waals surface area contributed by atoms with E-state index in [4.69, 9.17) is 18.9 Å². The molecule has 1 fully saturated rings. The Balaban J connectivity index is 2.26.